The predicted octanol–water partition coefficient (Wildman–Crippen LogP) is 2.46. The van der Waals surface area contributed by atoms with Gasteiger partial charge < -0.3 is 11.1 Å². The third-order valence-electron chi connectivity index (χ3n) is 5.48. The standard InChI is InChI=1S/C21H21N3O3/c22-18(25)16-10-8-14(9-11-16)13-24-19(26)21(23-20(24)27)12-4-3-6-15-5-1-2-7-17(15)21/h1-2,5,7-11H,3-4,6,12-13H2,(H2,22,25)(H,23,27)/t21-/m0/s1. The maximum Gasteiger partial charge on any atom is 0.325 e. The van der Waals surface area contributed by atoms with Crippen molar-refractivity contribution in [2.45, 2.75) is 37.8 Å². The summed E-state index contributed by atoms with van der Waals surface area (Å²) in [5.74, 6) is -0.716. The lowest BCUT2D eigenvalue weighted by Crippen LogP contribution is -2.44. The zero-order valence-electron chi connectivity index (χ0n) is 14.9. The monoisotopic (exact) mass is 363 g/mol. The summed E-state index contributed by atoms with van der Waals surface area (Å²) >= 11 is 0. The molecule has 0 saturated carbocycles. The minimum Gasteiger partial charge on any atom is -0.366 e. The van der Waals surface area contributed by atoms with Crippen LogP contribution in [0.25, 0.3) is 0 Å². The van der Waals surface area contributed by atoms with E-state index >= 15 is 0 Å². The van der Waals surface area contributed by atoms with Gasteiger partial charge in [0.2, 0.25) is 5.91 Å². The van der Waals surface area contributed by atoms with Crippen LogP contribution in [-0.2, 0) is 23.3 Å². The molecule has 2 aromatic rings. The van der Waals surface area contributed by atoms with Crippen LogP contribution in [-0.4, -0.2) is 22.7 Å². The van der Waals surface area contributed by atoms with Gasteiger partial charge in [-0.3, -0.25) is 14.5 Å². The first-order valence-corrected chi connectivity index (χ1v) is 9.12. The number of aryl methyl sites for hydroxylation is 1. The summed E-state index contributed by atoms with van der Waals surface area (Å²) in [5.41, 5.74) is 7.47. The Labute approximate surface area is 157 Å². The molecule has 4 rings (SSSR count). The van der Waals surface area contributed by atoms with Gasteiger partial charge >= 0.3 is 6.03 Å². The molecule has 1 heterocycles. The summed E-state index contributed by atoms with van der Waals surface area (Å²) < 4.78 is 0. The Hall–Kier alpha value is -3.15. The number of urea groups is 1. The van der Waals surface area contributed by atoms with E-state index in [0.29, 0.717) is 12.0 Å². The highest BCUT2D eigenvalue weighted by molar-refractivity contribution is 6.07. The molecule has 4 amide bonds. The molecular weight excluding hydrogens is 342 g/mol. The molecule has 1 fully saturated rings. The van der Waals surface area contributed by atoms with Crippen LogP contribution in [0.1, 0.15) is 46.3 Å². The lowest BCUT2D eigenvalue weighted by Gasteiger charge is -2.27. The summed E-state index contributed by atoms with van der Waals surface area (Å²) in [6, 6.07) is 14.1. The SMILES string of the molecule is NC(=O)c1ccc(CN2C(=O)N[C@]3(CCCCc4ccccc43)C2=O)cc1. The van der Waals surface area contributed by atoms with Crippen molar-refractivity contribution in [3.63, 3.8) is 0 Å². The number of carbonyl (C=O) groups is 3. The molecule has 6 nitrogen and oxygen atoms in total. The van der Waals surface area contributed by atoms with Gasteiger partial charge in [0.25, 0.3) is 5.91 Å². The van der Waals surface area contributed by atoms with E-state index in [2.05, 4.69) is 5.32 Å². The molecule has 2 aliphatic rings. The van der Waals surface area contributed by atoms with Crippen molar-refractivity contribution in [1.29, 1.82) is 0 Å². The number of nitrogens with two attached hydrogens (primary N) is 1. The van der Waals surface area contributed by atoms with E-state index in [1.807, 2.05) is 24.3 Å². The number of fused-ring (bicyclic) bond motifs is 2. The molecule has 1 saturated heterocycles. The van der Waals surface area contributed by atoms with E-state index in [9.17, 15) is 14.4 Å². The quantitative estimate of drug-likeness (QED) is 0.821. The number of primary amides is 1. The van der Waals surface area contributed by atoms with Crippen LogP contribution in [0.15, 0.2) is 48.5 Å². The molecule has 2 aromatic carbocycles. The number of nitrogens with zero attached hydrogens (tertiary/aromatic N) is 1. The van der Waals surface area contributed by atoms with E-state index in [-0.39, 0.29) is 18.5 Å². The molecular formula is C21H21N3O3. The first kappa shape index (κ1) is 17.3. The zero-order chi connectivity index (χ0) is 19.0. The Bertz CT molecular complexity index is 923. The van der Waals surface area contributed by atoms with Crippen LogP contribution < -0.4 is 11.1 Å². The van der Waals surface area contributed by atoms with E-state index in [0.717, 1.165) is 36.0 Å². The highest BCUT2D eigenvalue weighted by Gasteiger charge is 2.53. The second kappa shape index (κ2) is 6.54. The normalized spacial score (nSPS) is 21.7. The molecule has 0 bridgehead atoms. The van der Waals surface area contributed by atoms with Crippen molar-refractivity contribution in [2.75, 3.05) is 0 Å². The molecule has 138 valence electrons. The fourth-order valence-electron chi connectivity index (χ4n) is 4.07. The largest absolute Gasteiger partial charge is 0.366 e. The van der Waals surface area contributed by atoms with Gasteiger partial charge in [0.1, 0.15) is 5.54 Å². The van der Waals surface area contributed by atoms with E-state index in [1.54, 1.807) is 24.3 Å². The van der Waals surface area contributed by atoms with Crippen LogP contribution in [0.3, 0.4) is 0 Å². The summed E-state index contributed by atoms with van der Waals surface area (Å²) in [6.07, 6.45) is 3.39. The van der Waals surface area contributed by atoms with E-state index in [4.69, 9.17) is 5.73 Å². The fourth-order valence-corrected chi connectivity index (χ4v) is 4.07. The number of nitrogens with one attached hydrogen (secondary N) is 1. The molecule has 1 aliphatic heterocycles. The topological polar surface area (TPSA) is 92.5 Å². The maximum absolute atomic E-state index is 13.4. The average molecular weight is 363 g/mol. The smallest absolute Gasteiger partial charge is 0.325 e. The van der Waals surface area contributed by atoms with Gasteiger partial charge in [-0.05, 0) is 54.5 Å². The van der Waals surface area contributed by atoms with E-state index < -0.39 is 11.4 Å². The van der Waals surface area contributed by atoms with Gasteiger partial charge in [-0.1, -0.05) is 36.4 Å². The number of amides is 4. The van der Waals surface area contributed by atoms with Gasteiger partial charge in [-0.2, -0.15) is 0 Å². The van der Waals surface area contributed by atoms with Crippen molar-refractivity contribution in [1.82, 2.24) is 10.2 Å². The number of benzene rings is 2. The Morgan fingerprint density at radius 3 is 2.56 bits per heavy atom. The van der Waals surface area contributed by atoms with Crippen LogP contribution in [0.4, 0.5) is 4.79 Å². The maximum atomic E-state index is 13.4. The van der Waals surface area contributed by atoms with Crippen molar-refractivity contribution in [3.05, 3.63) is 70.8 Å². The molecule has 3 N–H and O–H groups in total. The highest BCUT2D eigenvalue weighted by atomic mass is 16.2. The Balaban J connectivity index is 1.65. The van der Waals surface area contributed by atoms with Gasteiger partial charge in [0.15, 0.2) is 0 Å². The third-order valence-corrected chi connectivity index (χ3v) is 5.48. The average Bonchev–Trinajstić information content (AvgIpc) is 2.82. The second-order valence-corrected chi connectivity index (χ2v) is 7.15. The van der Waals surface area contributed by atoms with Gasteiger partial charge in [-0.15, -0.1) is 0 Å². The molecule has 1 aliphatic carbocycles. The second-order valence-electron chi connectivity index (χ2n) is 7.15. The molecule has 0 aromatic heterocycles. The highest BCUT2D eigenvalue weighted by Crippen LogP contribution is 2.39. The summed E-state index contributed by atoms with van der Waals surface area (Å²) in [5, 5.41) is 2.98. The van der Waals surface area contributed by atoms with Crippen LogP contribution >= 0.6 is 0 Å². The van der Waals surface area contributed by atoms with Gasteiger partial charge in [0, 0.05) is 5.56 Å². The molecule has 0 unspecified atom stereocenters. The van der Waals surface area contributed by atoms with Crippen molar-refractivity contribution in [2.24, 2.45) is 5.73 Å². The lowest BCUT2D eigenvalue weighted by molar-refractivity contribution is -0.132. The number of rotatable bonds is 3. The van der Waals surface area contributed by atoms with Crippen LogP contribution in [0, 0.1) is 0 Å². The predicted molar refractivity (Wildman–Crippen MR) is 99.7 cm³/mol. The number of hydrogen-bond donors (Lipinski definition) is 2. The zero-order valence-corrected chi connectivity index (χ0v) is 14.9. The summed E-state index contributed by atoms with van der Waals surface area (Å²) in [7, 11) is 0. The van der Waals surface area contributed by atoms with Crippen molar-refractivity contribution >= 4 is 17.8 Å². The summed E-state index contributed by atoms with van der Waals surface area (Å²) in [6.45, 7) is 0.160. The molecule has 27 heavy (non-hydrogen) atoms. The minimum atomic E-state index is -0.975. The van der Waals surface area contributed by atoms with Crippen molar-refractivity contribution < 1.29 is 14.4 Å². The summed E-state index contributed by atoms with van der Waals surface area (Å²) in [4.78, 5) is 38.5. The number of carbonyl (C=O) groups excluding carboxylic acids is 3. The Kier molecular flexibility index (Phi) is 4.18. The molecule has 6 heteroatoms. The fraction of sp³-hybridized carbons (Fsp3) is 0.286. The van der Waals surface area contributed by atoms with Crippen LogP contribution in [0.2, 0.25) is 0 Å². The lowest BCUT2D eigenvalue weighted by atomic mass is 9.84. The van der Waals surface area contributed by atoms with Crippen LogP contribution in [0.5, 0.6) is 0 Å². The van der Waals surface area contributed by atoms with Gasteiger partial charge in [-0.25, -0.2) is 4.79 Å². The first-order chi connectivity index (χ1) is 13.0. The Morgan fingerprint density at radius 1 is 1.07 bits per heavy atom. The minimum absolute atomic E-state index is 0.160. The van der Waals surface area contributed by atoms with Gasteiger partial charge in [0.05, 0.1) is 6.54 Å². The molecule has 1 atom stereocenters. The first-order valence-electron chi connectivity index (χ1n) is 9.12. The number of hydrogen-bond acceptors (Lipinski definition) is 3. The third kappa shape index (κ3) is 2.87. The Morgan fingerprint density at radius 2 is 1.81 bits per heavy atom. The van der Waals surface area contributed by atoms with Crippen molar-refractivity contribution in [3.8, 4) is 0 Å². The van der Waals surface area contributed by atoms with E-state index in [1.165, 1.54) is 4.90 Å². The molecule has 0 radical (unpaired) electrons. The number of imide groups is 1. The molecule has 1 spiro atoms.